The number of aliphatic hydroxyl groups excluding tert-OH is 1. The highest BCUT2D eigenvalue weighted by Crippen LogP contribution is 2.26. The van der Waals surface area contributed by atoms with Crippen molar-refractivity contribution in [3.63, 3.8) is 0 Å². The molecule has 0 spiro atoms. The van der Waals surface area contributed by atoms with Crippen LogP contribution < -0.4 is 5.32 Å². The Balaban J connectivity index is 2.49. The molecule has 98 valence electrons. The summed E-state index contributed by atoms with van der Waals surface area (Å²) in [6.45, 7) is 0.204. The van der Waals surface area contributed by atoms with E-state index in [-0.39, 0.29) is 6.04 Å². The fourth-order valence-corrected chi connectivity index (χ4v) is 1.44. The van der Waals surface area contributed by atoms with E-state index in [9.17, 15) is 9.59 Å². The van der Waals surface area contributed by atoms with Gasteiger partial charge in [-0.15, -0.1) is 0 Å². The molecule has 2 amide bonds. The van der Waals surface area contributed by atoms with Crippen LogP contribution in [0.3, 0.4) is 0 Å². The quantitative estimate of drug-likeness (QED) is 0.549. The highest BCUT2D eigenvalue weighted by Gasteiger charge is 2.33. The summed E-state index contributed by atoms with van der Waals surface area (Å²) in [4.78, 5) is 24.0. The molecule has 1 rings (SSSR count). The number of carbonyl (C=O) groups excluding carboxylic acids is 1. The first kappa shape index (κ1) is 13.7. The number of hydrogen-bond acceptors (Lipinski definition) is 4. The number of amides is 2. The van der Waals surface area contributed by atoms with Crippen molar-refractivity contribution in [1.82, 2.24) is 10.2 Å². The third kappa shape index (κ3) is 4.20. The molecule has 7 heteroatoms. The Hall–Kier alpha value is -1.34. The van der Waals surface area contributed by atoms with E-state index in [1.54, 1.807) is 4.90 Å². The molecule has 1 unspecified atom stereocenters. The summed E-state index contributed by atoms with van der Waals surface area (Å²) in [5.74, 6) is -1.25. The van der Waals surface area contributed by atoms with Crippen LogP contribution in [0.25, 0.3) is 0 Å². The van der Waals surface area contributed by atoms with Crippen molar-refractivity contribution < 1.29 is 24.5 Å². The molecule has 0 aromatic rings. The molecule has 0 aliphatic heterocycles. The van der Waals surface area contributed by atoms with Gasteiger partial charge in [0.1, 0.15) is 0 Å². The standard InChI is InChI=1S/C10H18N2O5/c1-17-5-4-12(7-2-3-7)10(16)11-8(6-13)9(14)15/h7-8,13H,2-6H2,1H3,(H,11,16)(H,14,15). The zero-order valence-electron chi connectivity index (χ0n) is 9.76. The van der Waals surface area contributed by atoms with Gasteiger partial charge in [0.05, 0.1) is 13.2 Å². The minimum Gasteiger partial charge on any atom is -0.480 e. The Labute approximate surface area is 99.4 Å². The topological polar surface area (TPSA) is 99.1 Å². The highest BCUT2D eigenvalue weighted by atomic mass is 16.5. The zero-order chi connectivity index (χ0) is 12.8. The molecule has 17 heavy (non-hydrogen) atoms. The van der Waals surface area contributed by atoms with E-state index >= 15 is 0 Å². The largest absolute Gasteiger partial charge is 0.480 e. The molecular weight excluding hydrogens is 228 g/mol. The minimum atomic E-state index is -1.26. The maximum Gasteiger partial charge on any atom is 0.328 e. The van der Waals surface area contributed by atoms with E-state index in [1.807, 2.05) is 0 Å². The fraction of sp³-hybridized carbons (Fsp3) is 0.800. The van der Waals surface area contributed by atoms with Gasteiger partial charge in [0, 0.05) is 19.7 Å². The van der Waals surface area contributed by atoms with Crippen LogP contribution in [0.2, 0.25) is 0 Å². The maximum atomic E-state index is 11.8. The first-order valence-corrected chi connectivity index (χ1v) is 5.50. The van der Waals surface area contributed by atoms with Crippen LogP contribution in [-0.2, 0) is 9.53 Å². The molecular formula is C10H18N2O5. The molecule has 1 aliphatic rings. The van der Waals surface area contributed by atoms with Crippen LogP contribution in [0.4, 0.5) is 4.79 Å². The van der Waals surface area contributed by atoms with Crippen LogP contribution in [-0.4, -0.2) is 66.1 Å². The maximum absolute atomic E-state index is 11.8. The lowest BCUT2D eigenvalue weighted by molar-refractivity contribution is -0.140. The normalized spacial score (nSPS) is 16.4. The number of nitrogens with zero attached hydrogens (tertiary/aromatic N) is 1. The second-order valence-electron chi connectivity index (χ2n) is 3.94. The fourth-order valence-electron chi connectivity index (χ4n) is 1.44. The molecule has 0 heterocycles. The van der Waals surface area contributed by atoms with Crippen molar-refractivity contribution in [3.8, 4) is 0 Å². The van der Waals surface area contributed by atoms with Crippen LogP contribution in [0.1, 0.15) is 12.8 Å². The summed E-state index contributed by atoms with van der Waals surface area (Å²) < 4.78 is 4.89. The van der Waals surface area contributed by atoms with Crippen LogP contribution in [0.5, 0.6) is 0 Å². The SMILES string of the molecule is COCCN(C(=O)NC(CO)C(=O)O)C1CC1. The molecule has 1 fully saturated rings. The third-order valence-corrected chi connectivity index (χ3v) is 2.56. The molecule has 0 bridgehead atoms. The number of carbonyl (C=O) groups is 2. The summed E-state index contributed by atoms with van der Waals surface area (Å²) in [6.07, 6.45) is 1.85. The lowest BCUT2D eigenvalue weighted by Gasteiger charge is -2.24. The van der Waals surface area contributed by atoms with Crippen molar-refractivity contribution in [2.24, 2.45) is 0 Å². The summed E-state index contributed by atoms with van der Waals surface area (Å²) in [5.41, 5.74) is 0. The monoisotopic (exact) mass is 246 g/mol. The van der Waals surface area contributed by atoms with E-state index in [2.05, 4.69) is 5.32 Å². The first-order chi connectivity index (χ1) is 8.10. The number of aliphatic carboxylic acids is 1. The van der Waals surface area contributed by atoms with Crippen molar-refractivity contribution in [2.45, 2.75) is 24.9 Å². The number of methoxy groups -OCH3 is 1. The van der Waals surface area contributed by atoms with Gasteiger partial charge in [0.25, 0.3) is 0 Å². The van der Waals surface area contributed by atoms with E-state index in [0.29, 0.717) is 13.2 Å². The summed E-state index contributed by atoms with van der Waals surface area (Å²) in [6, 6.07) is -1.56. The molecule has 1 saturated carbocycles. The van der Waals surface area contributed by atoms with Crippen molar-refractivity contribution >= 4 is 12.0 Å². The van der Waals surface area contributed by atoms with E-state index < -0.39 is 24.6 Å². The van der Waals surface area contributed by atoms with Gasteiger partial charge in [-0.1, -0.05) is 0 Å². The van der Waals surface area contributed by atoms with E-state index in [1.165, 1.54) is 7.11 Å². The number of carboxylic acid groups (broad SMARTS) is 1. The second kappa shape index (κ2) is 6.41. The third-order valence-electron chi connectivity index (χ3n) is 2.56. The second-order valence-corrected chi connectivity index (χ2v) is 3.94. The summed E-state index contributed by atoms with van der Waals surface area (Å²) in [5, 5.41) is 19.8. The Bertz CT molecular complexity index is 280. The smallest absolute Gasteiger partial charge is 0.328 e. The van der Waals surface area contributed by atoms with Gasteiger partial charge in [0.2, 0.25) is 0 Å². The molecule has 1 atom stereocenters. The Morgan fingerprint density at radius 3 is 2.59 bits per heavy atom. The van der Waals surface area contributed by atoms with Gasteiger partial charge in [-0.05, 0) is 12.8 Å². The van der Waals surface area contributed by atoms with Gasteiger partial charge in [-0.25, -0.2) is 9.59 Å². The number of nitrogens with one attached hydrogen (secondary N) is 1. The van der Waals surface area contributed by atoms with Crippen molar-refractivity contribution in [3.05, 3.63) is 0 Å². The van der Waals surface area contributed by atoms with Gasteiger partial charge >= 0.3 is 12.0 Å². The average molecular weight is 246 g/mol. The van der Waals surface area contributed by atoms with Crippen LogP contribution in [0.15, 0.2) is 0 Å². The molecule has 0 radical (unpaired) electrons. The summed E-state index contributed by atoms with van der Waals surface area (Å²) in [7, 11) is 1.54. The van der Waals surface area contributed by atoms with Crippen molar-refractivity contribution in [1.29, 1.82) is 0 Å². The minimum absolute atomic E-state index is 0.165. The number of urea groups is 1. The molecule has 0 saturated heterocycles. The molecule has 1 aliphatic carbocycles. The van der Waals surface area contributed by atoms with Gasteiger partial charge in [-0.2, -0.15) is 0 Å². The number of aliphatic hydroxyl groups is 1. The number of ether oxygens (including phenoxy) is 1. The number of rotatable bonds is 7. The Morgan fingerprint density at radius 2 is 2.18 bits per heavy atom. The zero-order valence-corrected chi connectivity index (χ0v) is 9.76. The number of hydrogen-bond donors (Lipinski definition) is 3. The van der Waals surface area contributed by atoms with Crippen LogP contribution in [0, 0.1) is 0 Å². The van der Waals surface area contributed by atoms with Crippen LogP contribution >= 0.6 is 0 Å². The predicted molar refractivity (Wildman–Crippen MR) is 58.6 cm³/mol. The summed E-state index contributed by atoms with van der Waals surface area (Å²) >= 11 is 0. The average Bonchev–Trinajstić information content (AvgIpc) is 3.10. The molecule has 0 aromatic carbocycles. The Morgan fingerprint density at radius 1 is 1.53 bits per heavy atom. The lowest BCUT2D eigenvalue weighted by Crippen LogP contribution is -2.51. The number of carboxylic acids is 1. The van der Waals surface area contributed by atoms with Gasteiger partial charge in [-0.3, -0.25) is 0 Å². The van der Waals surface area contributed by atoms with E-state index in [4.69, 9.17) is 14.9 Å². The molecule has 0 aromatic heterocycles. The molecule has 7 nitrogen and oxygen atoms in total. The molecule has 3 N–H and O–H groups in total. The first-order valence-electron chi connectivity index (χ1n) is 5.50. The predicted octanol–water partition coefficient (Wildman–Crippen LogP) is -0.748. The highest BCUT2D eigenvalue weighted by molar-refractivity contribution is 5.83. The van der Waals surface area contributed by atoms with Gasteiger partial charge < -0.3 is 25.2 Å². The van der Waals surface area contributed by atoms with Gasteiger partial charge in [0.15, 0.2) is 6.04 Å². The Kier molecular flexibility index (Phi) is 5.17. The lowest BCUT2D eigenvalue weighted by atomic mass is 10.3. The van der Waals surface area contributed by atoms with Crippen molar-refractivity contribution in [2.75, 3.05) is 26.9 Å². The van der Waals surface area contributed by atoms with E-state index in [0.717, 1.165) is 12.8 Å².